The normalized spacial score (nSPS) is 24.1. The van der Waals surface area contributed by atoms with Gasteiger partial charge < -0.3 is 19.7 Å². The SMILES string of the molecule is CO[C@H]1CN(C)C(=O)c2cc(NC(=O)C3CC3)ccc2OC[C@@H](C)N(Cc2ccncc2)C[C@@H]1C. The number of hydrogen-bond donors (Lipinski definition) is 1. The van der Waals surface area contributed by atoms with E-state index in [-0.39, 0.29) is 35.8 Å². The summed E-state index contributed by atoms with van der Waals surface area (Å²) in [6, 6.07) is 9.47. The Kier molecular flexibility index (Phi) is 8.03. The number of fused-ring (bicyclic) bond motifs is 1. The smallest absolute Gasteiger partial charge is 0.257 e. The molecule has 1 N–H and O–H groups in total. The van der Waals surface area contributed by atoms with Gasteiger partial charge in [-0.1, -0.05) is 6.92 Å². The maximum atomic E-state index is 13.5. The van der Waals surface area contributed by atoms with Gasteiger partial charge in [0.15, 0.2) is 0 Å². The molecule has 0 radical (unpaired) electrons. The third-order valence-corrected chi connectivity index (χ3v) is 6.92. The van der Waals surface area contributed by atoms with Gasteiger partial charge in [-0.3, -0.25) is 19.5 Å². The molecule has 8 nitrogen and oxygen atoms in total. The lowest BCUT2D eigenvalue weighted by Crippen LogP contribution is -2.46. The Labute approximate surface area is 207 Å². The number of aromatic nitrogens is 1. The van der Waals surface area contributed by atoms with Gasteiger partial charge in [0.2, 0.25) is 5.91 Å². The van der Waals surface area contributed by atoms with Crippen LogP contribution < -0.4 is 10.1 Å². The highest BCUT2D eigenvalue weighted by molar-refractivity contribution is 6.00. The summed E-state index contributed by atoms with van der Waals surface area (Å²) < 4.78 is 12.1. The van der Waals surface area contributed by atoms with Crippen LogP contribution in [0.15, 0.2) is 42.7 Å². The lowest BCUT2D eigenvalue weighted by atomic mass is 10.0. The van der Waals surface area contributed by atoms with Crippen molar-refractivity contribution in [2.75, 3.05) is 39.2 Å². The fourth-order valence-electron chi connectivity index (χ4n) is 4.46. The molecule has 1 aromatic heterocycles. The van der Waals surface area contributed by atoms with Crippen LogP contribution in [0.2, 0.25) is 0 Å². The predicted octanol–water partition coefficient (Wildman–Crippen LogP) is 3.44. The largest absolute Gasteiger partial charge is 0.491 e. The molecule has 1 fully saturated rings. The zero-order valence-corrected chi connectivity index (χ0v) is 21.1. The van der Waals surface area contributed by atoms with E-state index in [0.717, 1.165) is 25.9 Å². The Bertz CT molecular complexity index is 1030. The van der Waals surface area contributed by atoms with Crippen molar-refractivity contribution in [3.05, 3.63) is 53.9 Å². The van der Waals surface area contributed by atoms with Gasteiger partial charge in [0.25, 0.3) is 5.91 Å². The molecule has 4 rings (SSSR count). The van der Waals surface area contributed by atoms with Crippen molar-refractivity contribution in [2.45, 2.75) is 45.4 Å². The number of anilines is 1. The molecule has 1 aromatic carbocycles. The minimum Gasteiger partial charge on any atom is -0.491 e. The first-order valence-electron chi connectivity index (χ1n) is 12.3. The van der Waals surface area contributed by atoms with Crippen LogP contribution in [0.25, 0.3) is 0 Å². The van der Waals surface area contributed by atoms with Crippen LogP contribution in [0.4, 0.5) is 5.69 Å². The molecular formula is C27H36N4O4. The number of amides is 2. The summed E-state index contributed by atoms with van der Waals surface area (Å²) in [4.78, 5) is 33.9. The number of ether oxygens (including phenoxy) is 2. The third kappa shape index (κ3) is 6.38. The molecule has 2 aliphatic rings. The van der Waals surface area contributed by atoms with Crippen LogP contribution in [0.1, 0.15) is 42.6 Å². The van der Waals surface area contributed by atoms with Crippen molar-refractivity contribution in [3.8, 4) is 5.75 Å². The van der Waals surface area contributed by atoms with Gasteiger partial charge in [-0.15, -0.1) is 0 Å². The molecular weight excluding hydrogens is 444 g/mol. The Balaban J connectivity index is 1.61. The van der Waals surface area contributed by atoms with E-state index < -0.39 is 0 Å². The summed E-state index contributed by atoms with van der Waals surface area (Å²) in [5.74, 6) is 0.640. The molecule has 0 saturated heterocycles. The molecule has 2 amide bonds. The van der Waals surface area contributed by atoms with Crippen molar-refractivity contribution < 1.29 is 19.1 Å². The van der Waals surface area contributed by atoms with E-state index in [1.807, 2.05) is 24.5 Å². The highest BCUT2D eigenvalue weighted by atomic mass is 16.5. The van der Waals surface area contributed by atoms with Gasteiger partial charge in [0.05, 0.1) is 11.7 Å². The van der Waals surface area contributed by atoms with Crippen LogP contribution >= 0.6 is 0 Å². The standard InChI is InChI=1S/C27H36N4O4/c1-18-14-31(15-20-9-11-28-12-10-20)19(2)17-35-24-8-7-22(29-26(32)21-5-6-21)13-23(24)27(33)30(3)16-25(18)34-4/h7-13,18-19,21,25H,5-6,14-17H2,1-4H3,(H,29,32)/t18-,19+,25-/m0/s1. The predicted molar refractivity (Wildman–Crippen MR) is 134 cm³/mol. The van der Waals surface area contributed by atoms with E-state index in [1.54, 1.807) is 37.3 Å². The number of likely N-dealkylation sites (N-methyl/N-ethyl adjacent to an activating group) is 1. The second-order valence-electron chi connectivity index (χ2n) is 9.86. The van der Waals surface area contributed by atoms with Crippen molar-refractivity contribution >= 4 is 17.5 Å². The monoisotopic (exact) mass is 480 g/mol. The molecule has 0 spiro atoms. The Morgan fingerprint density at radius 2 is 1.91 bits per heavy atom. The minimum atomic E-state index is -0.154. The van der Waals surface area contributed by atoms with Crippen molar-refractivity contribution in [2.24, 2.45) is 11.8 Å². The fourth-order valence-corrected chi connectivity index (χ4v) is 4.46. The third-order valence-electron chi connectivity index (χ3n) is 6.92. The first-order chi connectivity index (χ1) is 16.9. The van der Waals surface area contributed by atoms with E-state index in [9.17, 15) is 9.59 Å². The van der Waals surface area contributed by atoms with Crippen molar-refractivity contribution in [1.82, 2.24) is 14.8 Å². The minimum absolute atomic E-state index is 0.00785. The summed E-state index contributed by atoms with van der Waals surface area (Å²) in [6.45, 7) is 6.73. The maximum Gasteiger partial charge on any atom is 0.257 e. The van der Waals surface area contributed by atoms with Crippen molar-refractivity contribution in [1.29, 1.82) is 0 Å². The number of methoxy groups -OCH3 is 1. The molecule has 188 valence electrons. The van der Waals surface area contributed by atoms with Crippen molar-refractivity contribution in [3.63, 3.8) is 0 Å². The number of carbonyl (C=O) groups excluding carboxylic acids is 2. The summed E-state index contributed by atoms with van der Waals surface area (Å²) in [5.41, 5.74) is 2.24. The summed E-state index contributed by atoms with van der Waals surface area (Å²) in [5, 5.41) is 2.94. The first-order valence-corrected chi connectivity index (χ1v) is 12.3. The lowest BCUT2D eigenvalue weighted by Gasteiger charge is -2.36. The fraction of sp³-hybridized carbons (Fsp3) is 0.519. The van der Waals surface area contributed by atoms with Gasteiger partial charge in [-0.05, 0) is 61.6 Å². The van der Waals surface area contributed by atoms with Gasteiger partial charge >= 0.3 is 0 Å². The maximum absolute atomic E-state index is 13.5. The lowest BCUT2D eigenvalue weighted by molar-refractivity contribution is -0.117. The number of rotatable bonds is 5. The van der Waals surface area contributed by atoms with Gasteiger partial charge in [0.1, 0.15) is 12.4 Å². The highest BCUT2D eigenvalue weighted by Crippen LogP contribution is 2.31. The Morgan fingerprint density at radius 1 is 1.17 bits per heavy atom. The summed E-state index contributed by atoms with van der Waals surface area (Å²) in [7, 11) is 3.48. The Morgan fingerprint density at radius 3 is 2.60 bits per heavy atom. The van der Waals surface area contributed by atoms with E-state index in [1.165, 1.54) is 5.56 Å². The Hall–Kier alpha value is -2.97. The van der Waals surface area contributed by atoms with Gasteiger partial charge in [0, 0.05) is 63.8 Å². The number of pyridine rings is 1. The molecule has 0 bridgehead atoms. The molecule has 2 heterocycles. The van der Waals surface area contributed by atoms with Crippen LogP contribution in [0.3, 0.4) is 0 Å². The van der Waals surface area contributed by atoms with E-state index in [2.05, 4.69) is 29.0 Å². The first kappa shape index (κ1) is 25.1. The molecule has 3 atom stereocenters. The molecule has 35 heavy (non-hydrogen) atoms. The number of nitrogens with zero attached hydrogens (tertiary/aromatic N) is 3. The van der Waals surface area contributed by atoms with Gasteiger partial charge in [-0.25, -0.2) is 0 Å². The molecule has 2 aromatic rings. The second kappa shape index (κ2) is 11.2. The molecule has 8 heteroatoms. The summed E-state index contributed by atoms with van der Waals surface area (Å²) in [6.07, 6.45) is 5.34. The van der Waals surface area contributed by atoms with E-state index in [4.69, 9.17) is 9.47 Å². The number of carbonyl (C=O) groups is 2. The number of hydrogen-bond acceptors (Lipinski definition) is 6. The molecule has 0 unspecified atom stereocenters. The number of benzene rings is 1. The van der Waals surface area contributed by atoms with E-state index in [0.29, 0.717) is 30.2 Å². The molecule has 1 aliphatic carbocycles. The van der Waals surface area contributed by atoms with Gasteiger partial charge in [-0.2, -0.15) is 0 Å². The molecule has 1 saturated carbocycles. The van der Waals surface area contributed by atoms with Crippen LogP contribution in [0.5, 0.6) is 5.75 Å². The topological polar surface area (TPSA) is 84.0 Å². The average molecular weight is 481 g/mol. The summed E-state index contributed by atoms with van der Waals surface area (Å²) >= 11 is 0. The average Bonchev–Trinajstić information content (AvgIpc) is 3.71. The van der Waals surface area contributed by atoms with Crippen LogP contribution in [-0.2, 0) is 16.1 Å². The van der Waals surface area contributed by atoms with E-state index >= 15 is 0 Å². The highest BCUT2D eigenvalue weighted by Gasteiger charge is 2.31. The zero-order valence-electron chi connectivity index (χ0n) is 21.1. The molecule has 1 aliphatic heterocycles. The van der Waals surface area contributed by atoms with Crippen LogP contribution in [-0.4, -0.2) is 72.6 Å². The second-order valence-corrected chi connectivity index (χ2v) is 9.86. The van der Waals surface area contributed by atoms with Crippen LogP contribution in [0, 0.1) is 11.8 Å². The zero-order chi connectivity index (χ0) is 24.9. The quantitative estimate of drug-likeness (QED) is 0.706. The number of nitrogens with one attached hydrogen (secondary N) is 1.